The molecule has 0 atom stereocenters. The summed E-state index contributed by atoms with van der Waals surface area (Å²) < 4.78 is 5.21. The maximum Gasteiger partial charge on any atom is 0.261 e. The normalized spacial score (nSPS) is 16.6. The molecule has 0 radical (unpaired) electrons. The lowest BCUT2D eigenvalue weighted by Crippen LogP contribution is -2.41. The van der Waals surface area contributed by atoms with E-state index in [1.54, 1.807) is 19.2 Å². The molecule has 2 aromatic carbocycles. The minimum absolute atomic E-state index is 0.00985. The van der Waals surface area contributed by atoms with Crippen molar-refractivity contribution in [3.63, 3.8) is 0 Å². The summed E-state index contributed by atoms with van der Waals surface area (Å²) in [5.41, 5.74) is 3.10. The van der Waals surface area contributed by atoms with Crippen LogP contribution >= 0.6 is 0 Å². The molecule has 0 bridgehead atoms. The number of hydrogen-bond acceptors (Lipinski definition) is 4. The molecule has 162 valence electrons. The van der Waals surface area contributed by atoms with Crippen molar-refractivity contribution in [2.75, 3.05) is 26.7 Å². The Morgan fingerprint density at radius 1 is 1.00 bits per heavy atom. The monoisotopic (exact) mass is 420 g/mol. The Kier molecular flexibility index (Phi) is 6.07. The molecule has 2 heterocycles. The van der Waals surface area contributed by atoms with E-state index in [-0.39, 0.29) is 30.7 Å². The summed E-state index contributed by atoms with van der Waals surface area (Å²) in [6, 6.07) is 13.4. The number of nitrogens with zero attached hydrogens (tertiary/aromatic N) is 2. The van der Waals surface area contributed by atoms with Crippen LogP contribution in [0.15, 0.2) is 42.5 Å². The predicted molar refractivity (Wildman–Crippen MR) is 117 cm³/mol. The number of likely N-dealkylation sites (tertiary alicyclic amines) is 1. The van der Waals surface area contributed by atoms with Gasteiger partial charge in [0.05, 0.1) is 18.2 Å². The average molecular weight is 421 g/mol. The third-order valence-electron chi connectivity index (χ3n) is 6.33. The zero-order chi connectivity index (χ0) is 22.0. The van der Waals surface area contributed by atoms with E-state index in [0.29, 0.717) is 17.0 Å². The number of hydrogen-bond donors (Lipinski definition) is 0. The third-order valence-corrected chi connectivity index (χ3v) is 6.33. The molecule has 1 saturated heterocycles. The maximum atomic E-state index is 12.7. The Morgan fingerprint density at radius 3 is 2.35 bits per heavy atom. The molecule has 0 unspecified atom stereocenters. The van der Waals surface area contributed by atoms with Crippen molar-refractivity contribution in [1.82, 2.24) is 9.80 Å². The lowest BCUT2D eigenvalue weighted by Gasteiger charge is -2.32. The van der Waals surface area contributed by atoms with Crippen LogP contribution in [0.4, 0.5) is 0 Å². The molecule has 0 aromatic heterocycles. The molecule has 2 aliphatic rings. The van der Waals surface area contributed by atoms with Gasteiger partial charge in [-0.2, -0.15) is 0 Å². The second-order valence-corrected chi connectivity index (χ2v) is 8.44. The van der Waals surface area contributed by atoms with Gasteiger partial charge in [0.15, 0.2) is 0 Å². The van der Waals surface area contributed by atoms with Crippen LogP contribution in [-0.4, -0.2) is 54.3 Å². The van der Waals surface area contributed by atoms with Crippen molar-refractivity contribution >= 4 is 17.7 Å². The molecule has 31 heavy (non-hydrogen) atoms. The molecule has 0 N–H and O–H groups in total. The van der Waals surface area contributed by atoms with Gasteiger partial charge in [0.25, 0.3) is 11.8 Å². The standard InChI is InChI=1S/C25H28N2O4/c1-17-3-8-21-22(15-17)25(30)27(24(21)29)14-11-23(28)26-12-9-19(10-13-26)16-18-4-6-20(31-2)7-5-18/h3-8,15,19H,9-14,16H2,1-2H3. The Morgan fingerprint density at radius 2 is 1.68 bits per heavy atom. The van der Waals surface area contributed by atoms with Gasteiger partial charge in [0.1, 0.15) is 5.75 Å². The Balaban J connectivity index is 1.26. The van der Waals surface area contributed by atoms with Gasteiger partial charge in [-0.05, 0) is 61.9 Å². The number of amides is 3. The number of carbonyl (C=O) groups excluding carboxylic acids is 3. The van der Waals surface area contributed by atoms with Gasteiger partial charge in [-0.15, -0.1) is 0 Å². The van der Waals surface area contributed by atoms with Crippen LogP contribution in [0.3, 0.4) is 0 Å². The number of rotatable bonds is 6. The summed E-state index contributed by atoms with van der Waals surface area (Å²) >= 11 is 0. The van der Waals surface area contributed by atoms with Gasteiger partial charge in [-0.1, -0.05) is 23.8 Å². The average Bonchev–Trinajstić information content (AvgIpc) is 3.02. The van der Waals surface area contributed by atoms with Gasteiger partial charge in [0, 0.05) is 26.1 Å². The van der Waals surface area contributed by atoms with E-state index in [0.717, 1.165) is 43.7 Å². The van der Waals surface area contributed by atoms with Crippen LogP contribution in [0.1, 0.15) is 51.1 Å². The highest BCUT2D eigenvalue weighted by Crippen LogP contribution is 2.26. The minimum Gasteiger partial charge on any atom is -0.497 e. The quantitative estimate of drug-likeness (QED) is 0.671. The molecule has 2 aromatic rings. The first-order valence-corrected chi connectivity index (χ1v) is 10.8. The van der Waals surface area contributed by atoms with Crippen LogP contribution in [-0.2, 0) is 11.2 Å². The van der Waals surface area contributed by atoms with E-state index >= 15 is 0 Å². The summed E-state index contributed by atoms with van der Waals surface area (Å²) in [6.07, 6.45) is 3.10. The van der Waals surface area contributed by atoms with Crippen molar-refractivity contribution < 1.29 is 19.1 Å². The predicted octanol–water partition coefficient (Wildman–Crippen LogP) is 3.47. The Labute approximate surface area is 182 Å². The van der Waals surface area contributed by atoms with Gasteiger partial charge < -0.3 is 9.64 Å². The van der Waals surface area contributed by atoms with E-state index in [1.807, 2.05) is 30.0 Å². The first-order chi connectivity index (χ1) is 15.0. The van der Waals surface area contributed by atoms with Crippen molar-refractivity contribution in [1.29, 1.82) is 0 Å². The lowest BCUT2D eigenvalue weighted by molar-refractivity contribution is -0.132. The summed E-state index contributed by atoms with van der Waals surface area (Å²) in [6.45, 7) is 3.47. The highest BCUT2D eigenvalue weighted by Gasteiger charge is 2.35. The largest absolute Gasteiger partial charge is 0.497 e. The summed E-state index contributed by atoms with van der Waals surface area (Å²) in [7, 11) is 1.66. The molecule has 6 nitrogen and oxygen atoms in total. The molecule has 0 spiro atoms. The first kappa shape index (κ1) is 21.1. The van der Waals surface area contributed by atoms with Crippen molar-refractivity contribution in [3.05, 3.63) is 64.7 Å². The van der Waals surface area contributed by atoms with Gasteiger partial charge >= 0.3 is 0 Å². The number of benzene rings is 2. The molecular weight excluding hydrogens is 392 g/mol. The zero-order valence-electron chi connectivity index (χ0n) is 18.1. The molecule has 3 amide bonds. The topological polar surface area (TPSA) is 66.9 Å². The van der Waals surface area contributed by atoms with Gasteiger partial charge in [-0.3, -0.25) is 19.3 Å². The van der Waals surface area contributed by atoms with E-state index in [1.165, 1.54) is 10.5 Å². The van der Waals surface area contributed by atoms with E-state index in [9.17, 15) is 14.4 Å². The Hall–Kier alpha value is -3.15. The molecule has 0 aliphatic carbocycles. The fourth-order valence-electron chi connectivity index (χ4n) is 4.45. The molecule has 0 saturated carbocycles. The highest BCUT2D eigenvalue weighted by atomic mass is 16.5. The van der Waals surface area contributed by atoms with Crippen LogP contribution in [0.25, 0.3) is 0 Å². The number of ether oxygens (including phenoxy) is 1. The molecule has 1 fully saturated rings. The van der Waals surface area contributed by atoms with Crippen LogP contribution in [0.5, 0.6) is 5.75 Å². The fourth-order valence-corrected chi connectivity index (χ4v) is 4.45. The number of aryl methyl sites for hydroxylation is 1. The SMILES string of the molecule is COc1ccc(CC2CCN(C(=O)CCN3C(=O)c4ccc(C)cc4C3=O)CC2)cc1. The van der Waals surface area contributed by atoms with Crippen LogP contribution < -0.4 is 4.74 Å². The number of piperidine rings is 1. The van der Waals surface area contributed by atoms with Crippen LogP contribution in [0.2, 0.25) is 0 Å². The van der Waals surface area contributed by atoms with Crippen molar-refractivity contribution in [2.24, 2.45) is 5.92 Å². The fraction of sp³-hybridized carbons (Fsp3) is 0.400. The summed E-state index contributed by atoms with van der Waals surface area (Å²) in [4.78, 5) is 40.9. The number of fused-ring (bicyclic) bond motifs is 1. The van der Waals surface area contributed by atoms with Gasteiger partial charge in [0.2, 0.25) is 5.91 Å². The lowest BCUT2D eigenvalue weighted by atomic mass is 9.90. The molecular formula is C25H28N2O4. The van der Waals surface area contributed by atoms with Crippen molar-refractivity contribution in [3.8, 4) is 5.75 Å². The van der Waals surface area contributed by atoms with Crippen LogP contribution in [0, 0.1) is 12.8 Å². The van der Waals surface area contributed by atoms with Gasteiger partial charge in [-0.25, -0.2) is 0 Å². The van der Waals surface area contributed by atoms with E-state index in [2.05, 4.69) is 12.1 Å². The minimum atomic E-state index is -0.300. The van der Waals surface area contributed by atoms with Crippen molar-refractivity contribution in [2.45, 2.75) is 32.6 Å². The highest BCUT2D eigenvalue weighted by molar-refractivity contribution is 6.21. The van der Waals surface area contributed by atoms with E-state index < -0.39 is 0 Å². The maximum absolute atomic E-state index is 12.7. The van der Waals surface area contributed by atoms with E-state index in [4.69, 9.17) is 4.74 Å². The molecule has 4 rings (SSSR count). The first-order valence-electron chi connectivity index (χ1n) is 10.8. The Bertz CT molecular complexity index is 991. The second kappa shape index (κ2) is 8.92. The second-order valence-electron chi connectivity index (χ2n) is 8.44. The third kappa shape index (κ3) is 4.48. The number of imide groups is 1. The molecule has 2 aliphatic heterocycles. The number of carbonyl (C=O) groups is 3. The summed E-state index contributed by atoms with van der Waals surface area (Å²) in [5.74, 6) is 0.825. The zero-order valence-corrected chi connectivity index (χ0v) is 18.1. The number of methoxy groups -OCH3 is 1. The summed E-state index contributed by atoms with van der Waals surface area (Å²) in [5, 5.41) is 0. The smallest absolute Gasteiger partial charge is 0.261 e. The molecule has 6 heteroatoms.